The number of nitrogens with zero attached hydrogens (tertiary/aromatic N) is 1. The third-order valence-electron chi connectivity index (χ3n) is 5.37. The number of carbonyl (C=O) groups is 2. The van der Waals surface area contributed by atoms with Crippen LogP contribution in [0.1, 0.15) is 43.2 Å². The molecule has 1 aromatic rings. The fraction of sp³-hybridized carbons (Fsp3) is 0.579. The number of aliphatic hydroxyl groups excluding tert-OH is 1. The van der Waals surface area contributed by atoms with Crippen molar-refractivity contribution >= 4 is 11.7 Å². The van der Waals surface area contributed by atoms with Crippen LogP contribution in [0.15, 0.2) is 24.3 Å². The molecule has 0 spiro atoms. The SMILES string of the molecule is O=C1CCCC1C1CCCN1C(=O)C(O)Cc1cccc(C(F)(F)F)c1. The zero-order valence-electron chi connectivity index (χ0n) is 14.3. The van der Waals surface area contributed by atoms with Gasteiger partial charge in [-0.15, -0.1) is 0 Å². The van der Waals surface area contributed by atoms with Gasteiger partial charge in [-0.1, -0.05) is 18.2 Å². The van der Waals surface area contributed by atoms with Crippen molar-refractivity contribution in [3.63, 3.8) is 0 Å². The number of Topliss-reactive ketones (excluding diaryl/α,β-unsaturated/α-hetero) is 1. The predicted molar refractivity (Wildman–Crippen MR) is 88.2 cm³/mol. The highest BCUT2D eigenvalue weighted by atomic mass is 19.4. The molecular formula is C19H22F3NO3. The first-order valence-electron chi connectivity index (χ1n) is 8.95. The number of aliphatic hydroxyl groups is 1. The molecule has 3 rings (SSSR count). The lowest BCUT2D eigenvalue weighted by atomic mass is 9.94. The molecule has 3 unspecified atom stereocenters. The molecule has 2 fully saturated rings. The van der Waals surface area contributed by atoms with Gasteiger partial charge in [0.25, 0.3) is 5.91 Å². The Bertz CT molecular complexity index is 689. The highest BCUT2D eigenvalue weighted by molar-refractivity contribution is 5.86. The summed E-state index contributed by atoms with van der Waals surface area (Å²) in [6, 6.07) is 4.46. The second kappa shape index (κ2) is 7.39. The third-order valence-corrected chi connectivity index (χ3v) is 5.37. The van der Waals surface area contributed by atoms with Crippen molar-refractivity contribution in [2.75, 3.05) is 6.54 Å². The summed E-state index contributed by atoms with van der Waals surface area (Å²) in [4.78, 5) is 26.2. The van der Waals surface area contributed by atoms with Crippen LogP contribution in [0.2, 0.25) is 0 Å². The molecule has 3 atom stereocenters. The molecule has 2 aliphatic rings. The topological polar surface area (TPSA) is 57.6 Å². The zero-order valence-corrected chi connectivity index (χ0v) is 14.3. The summed E-state index contributed by atoms with van der Waals surface area (Å²) in [5.41, 5.74) is -0.543. The molecule has 0 bridgehead atoms. The van der Waals surface area contributed by atoms with Gasteiger partial charge in [0.2, 0.25) is 0 Å². The van der Waals surface area contributed by atoms with E-state index in [9.17, 15) is 27.9 Å². The van der Waals surface area contributed by atoms with Crippen LogP contribution >= 0.6 is 0 Å². The number of hydrogen-bond acceptors (Lipinski definition) is 3. The molecule has 142 valence electrons. The molecule has 0 aromatic heterocycles. The quantitative estimate of drug-likeness (QED) is 0.888. The molecule has 4 nitrogen and oxygen atoms in total. The van der Waals surface area contributed by atoms with Crippen LogP contribution in [0.4, 0.5) is 13.2 Å². The third kappa shape index (κ3) is 3.92. The van der Waals surface area contributed by atoms with Crippen molar-refractivity contribution in [1.29, 1.82) is 0 Å². The molecule has 26 heavy (non-hydrogen) atoms. The van der Waals surface area contributed by atoms with E-state index in [0.29, 0.717) is 13.0 Å². The number of alkyl halides is 3. The maximum Gasteiger partial charge on any atom is 0.416 e. The van der Waals surface area contributed by atoms with Crippen LogP contribution in [-0.4, -0.2) is 40.4 Å². The summed E-state index contributed by atoms with van der Waals surface area (Å²) in [5, 5.41) is 10.3. The van der Waals surface area contributed by atoms with Gasteiger partial charge in [0.15, 0.2) is 0 Å². The highest BCUT2D eigenvalue weighted by Crippen LogP contribution is 2.34. The van der Waals surface area contributed by atoms with E-state index in [-0.39, 0.29) is 29.7 Å². The molecular weight excluding hydrogens is 347 g/mol. The van der Waals surface area contributed by atoms with Gasteiger partial charge in [0.05, 0.1) is 5.56 Å². The number of amides is 1. The average Bonchev–Trinajstić information content (AvgIpc) is 3.21. The van der Waals surface area contributed by atoms with Crippen LogP contribution in [0.25, 0.3) is 0 Å². The Morgan fingerprint density at radius 3 is 2.69 bits per heavy atom. The first kappa shape index (κ1) is 18.9. The Morgan fingerprint density at radius 1 is 1.27 bits per heavy atom. The number of benzene rings is 1. The van der Waals surface area contributed by atoms with Crippen molar-refractivity contribution in [2.45, 2.75) is 56.8 Å². The fourth-order valence-corrected chi connectivity index (χ4v) is 4.11. The van der Waals surface area contributed by atoms with E-state index in [0.717, 1.165) is 37.8 Å². The summed E-state index contributed by atoms with van der Waals surface area (Å²) in [7, 11) is 0. The van der Waals surface area contributed by atoms with E-state index in [1.165, 1.54) is 12.1 Å². The largest absolute Gasteiger partial charge is 0.416 e. The van der Waals surface area contributed by atoms with Gasteiger partial charge in [0.1, 0.15) is 11.9 Å². The van der Waals surface area contributed by atoms with Crippen molar-refractivity contribution < 1.29 is 27.9 Å². The van der Waals surface area contributed by atoms with Crippen LogP contribution in [-0.2, 0) is 22.2 Å². The Kier molecular flexibility index (Phi) is 5.37. The number of likely N-dealkylation sites (tertiary alicyclic amines) is 1. The lowest BCUT2D eigenvalue weighted by Crippen LogP contribution is -2.46. The second-order valence-electron chi connectivity index (χ2n) is 7.12. The summed E-state index contributed by atoms with van der Waals surface area (Å²) >= 11 is 0. The van der Waals surface area contributed by atoms with E-state index in [1.54, 1.807) is 4.90 Å². The van der Waals surface area contributed by atoms with E-state index >= 15 is 0 Å². The first-order chi connectivity index (χ1) is 12.3. The van der Waals surface area contributed by atoms with Crippen LogP contribution in [0, 0.1) is 5.92 Å². The number of hydrogen-bond donors (Lipinski definition) is 1. The first-order valence-corrected chi connectivity index (χ1v) is 8.95. The van der Waals surface area contributed by atoms with Crippen molar-refractivity contribution in [3.8, 4) is 0 Å². The Hall–Kier alpha value is -1.89. The van der Waals surface area contributed by atoms with Gasteiger partial charge in [-0.25, -0.2) is 0 Å². The number of halogens is 3. The van der Waals surface area contributed by atoms with Crippen molar-refractivity contribution in [2.24, 2.45) is 5.92 Å². The molecule has 1 aliphatic heterocycles. The minimum atomic E-state index is -4.46. The monoisotopic (exact) mass is 369 g/mol. The van der Waals surface area contributed by atoms with Gasteiger partial charge in [-0.3, -0.25) is 9.59 Å². The second-order valence-corrected chi connectivity index (χ2v) is 7.12. The minimum absolute atomic E-state index is 0.165. The lowest BCUT2D eigenvalue weighted by Gasteiger charge is -2.30. The number of ketones is 1. The summed E-state index contributed by atoms with van der Waals surface area (Å²) in [5.74, 6) is -0.492. The number of rotatable bonds is 4. The van der Waals surface area contributed by atoms with Gasteiger partial charge in [-0.2, -0.15) is 13.2 Å². The van der Waals surface area contributed by atoms with Crippen LogP contribution < -0.4 is 0 Å². The molecule has 1 N–H and O–H groups in total. The molecule has 1 aliphatic carbocycles. The molecule has 0 radical (unpaired) electrons. The van der Waals surface area contributed by atoms with Crippen molar-refractivity contribution in [3.05, 3.63) is 35.4 Å². The zero-order chi connectivity index (χ0) is 18.9. The normalized spacial score (nSPS) is 24.9. The predicted octanol–water partition coefficient (Wildman–Crippen LogP) is 2.97. The summed E-state index contributed by atoms with van der Waals surface area (Å²) in [6.45, 7) is 0.479. The molecule has 1 saturated heterocycles. The lowest BCUT2D eigenvalue weighted by molar-refractivity contribution is -0.142. The molecule has 1 aromatic carbocycles. The summed E-state index contributed by atoms with van der Waals surface area (Å²) < 4.78 is 38.4. The number of carbonyl (C=O) groups excluding carboxylic acids is 2. The maximum atomic E-state index is 12.8. The molecule has 7 heteroatoms. The molecule has 1 heterocycles. The molecule has 1 amide bonds. The Balaban J connectivity index is 1.68. The van der Waals surface area contributed by atoms with Gasteiger partial charge >= 0.3 is 6.18 Å². The summed E-state index contributed by atoms with van der Waals surface area (Å²) in [6.07, 6.45) is -2.41. The standard InChI is InChI=1S/C19H22F3NO3/c20-19(21,22)13-5-1-4-12(10-13)11-17(25)18(26)23-9-3-7-15(23)14-6-2-8-16(14)24/h1,4-5,10,14-15,17,25H,2-3,6-9,11H2. The average molecular weight is 369 g/mol. The fourth-order valence-electron chi connectivity index (χ4n) is 4.11. The Labute approximate surface area is 150 Å². The van der Waals surface area contributed by atoms with E-state index in [1.807, 2.05) is 0 Å². The highest BCUT2D eigenvalue weighted by Gasteiger charge is 2.41. The van der Waals surface area contributed by atoms with Gasteiger partial charge in [0, 0.05) is 31.3 Å². The van der Waals surface area contributed by atoms with E-state index in [4.69, 9.17) is 0 Å². The van der Waals surface area contributed by atoms with Crippen LogP contribution in [0.3, 0.4) is 0 Å². The van der Waals surface area contributed by atoms with Gasteiger partial charge < -0.3 is 10.0 Å². The minimum Gasteiger partial charge on any atom is -0.383 e. The van der Waals surface area contributed by atoms with Gasteiger partial charge in [-0.05, 0) is 37.3 Å². The van der Waals surface area contributed by atoms with E-state index < -0.39 is 23.8 Å². The maximum absolute atomic E-state index is 12.8. The Morgan fingerprint density at radius 2 is 2.04 bits per heavy atom. The van der Waals surface area contributed by atoms with Crippen LogP contribution in [0.5, 0.6) is 0 Å². The molecule has 1 saturated carbocycles. The van der Waals surface area contributed by atoms with Crippen molar-refractivity contribution in [1.82, 2.24) is 4.90 Å². The smallest absolute Gasteiger partial charge is 0.383 e. The van der Waals surface area contributed by atoms with E-state index in [2.05, 4.69) is 0 Å².